The zero-order chi connectivity index (χ0) is 20.0. The first-order chi connectivity index (χ1) is 13.3. The van der Waals surface area contributed by atoms with E-state index in [4.69, 9.17) is 0 Å². The van der Waals surface area contributed by atoms with Crippen LogP contribution in [0.2, 0.25) is 0 Å². The minimum atomic E-state index is -0.515. The van der Waals surface area contributed by atoms with Crippen molar-refractivity contribution in [1.29, 1.82) is 0 Å². The maximum atomic E-state index is 13.6. The number of carbonyl (C=O) groups excluding carboxylic acids is 2. The van der Waals surface area contributed by atoms with Crippen molar-refractivity contribution in [3.8, 4) is 0 Å². The predicted molar refractivity (Wildman–Crippen MR) is 104 cm³/mol. The Morgan fingerprint density at radius 2 is 2.11 bits per heavy atom. The number of benzene rings is 1. The van der Waals surface area contributed by atoms with Crippen LogP contribution in [0.5, 0.6) is 0 Å². The third-order valence-corrected chi connectivity index (χ3v) is 5.55. The van der Waals surface area contributed by atoms with Gasteiger partial charge >= 0.3 is 0 Å². The Balaban J connectivity index is 1.67. The van der Waals surface area contributed by atoms with Crippen LogP contribution in [-0.2, 0) is 4.79 Å². The molecule has 1 aromatic heterocycles. The van der Waals surface area contributed by atoms with Crippen molar-refractivity contribution in [1.82, 2.24) is 10.3 Å². The summed E-state index contributed by atoms with van der Waals surface area (Å²) in [5.74, 6) is -0.979. The molecule has 0 spiro atoms. The number of anilines is 1. The Kier molecular flexibility index (Phi) is 4.55. The summed E-state index contributed by atoms with van der Waals surface area (Å²) in [4.78, 5) is 28.2. The zero-order valence-electron chi connectivity index (χ0n) is 15.7. The quantitative estimate of drug-likeness (QED) is 0.614. The lowest BCUT2D eigenvalue weighted by Gasteiger charge is -2.16. The summed E-state index contributed by atoms with van der Waals surface area (Å²) in [5.41, 5.74) is 3.90. The van der Waals surface area contributed by atoms with Crippen molar-refractivity contribution >= 4 is 29.2 Å². The molecule has 0 saturated heterocycles. The molecule has 6 nitrogen and oxygen atoms in total. The smallest absolute Gasteiger partial charge is 0.256 e. The normalized spacial score (nSPS) is 22.4. The van der Waals surface area contributed by atoms with Gasteiger partial charge in [0.15, 0.2) is 0 Å². The van der Waals surface area contributed by atoms with Crippen LogP contribution in [0.1, 0.15) is 52.1 Å². The topological polar surface area (TPSA) is 94.2 Å². The molecule has 0 radical (unpaired) electrons. The summed E-state index contributed by atoms with van der Waals surface area (Å²) < 4.78 is 13.6. The number of carbonyl (C=O) groups is 2. The van der Waals surface area contributed by atoms with Gasteiger partial charge in [0.25, 0.3) is 11.8 Å². The van der Waals surface area contributed by atoms with E-state index in [2.05, 4.69) is 15.6 Å². The van der Waals surface area contributed by atoms with Crippen LogP contribution in [0, 0.1) is 19.7 Å². The second kappa shape index (κ2) is 6.91. The highest BCUT2D eigenvalue weighted by Crippen LogP contribution is 2.34. The molecule has 1 saturated carbocycles. The standard InChI is InChI=1S/C21H22FN3O3/c1-10-17(9-14-13-8-12(22)6-7-15(13)24-20(14)27)23-11(2)19(10)21(28)25-16-4-3-5-18(16)26/h6-9,16,18,23,26H,3-5H2,1-2H3,(H,24,27)(H,25,28)/b14-9-/t16-,18+/m0/s1. The number of hydrogen-bond donors (Lipinski definition) is 4. The van der Waals surface area contributed by atoms with Crippen LogP contribution in [-0.4, -0.2) is 34.1 Å². The summed E-state index contributed by atoms with van der Waals surface area (Å²) in [7, 11) is 0. The highest BCUT2D eigenvalue weighted by molar-refractivity contribution is 6.34. The maximum Gasteiger partial charge on any atom is 0.256 e. The van der Waals surface area contributed by atoms with Crippen LogP contribution in [0.3, 0.4) is 0 Å². The minimum Gasteiger partial charge on any atom is -0.391 e. The SMILES string of the molecule is Cc1[nH]c(/C=C2\C(=O)Nc3ccc(F)cc32)c(C)c1C(=O)N[C@H]1CCC[C@H]1O. The third-order valence-electron chi connectivity index (χ3n) is 5.55. The van der Waals surface area contributed by atoms with Gasteiger partial charge in [0, 0.05) is 22.6 Å². The number of aromatic amines is 1. The number of amides is 2. The summed E-state index contributed by atoms with van der Waals surface area (Å²) in [6.45, 7) is 3.59. The van der Waals surface area contributed by atoms with Gasteiger partial charge in [-0.25, -0.2) is 4.39 Å². The van der Waals surface area contributed by atoms with Gasteiger partial charge in [-0.15, -0.1) is 0 Å². The second-order valence-corrected chi connectivity index (χ2v) is 7.44. The summed E-state index contributed by atoms with van der Waals surface area (Å²) in [6.07, 6.45) is 3.47. The van der Waals surface area contributed by atoms with E-state index in [1.807, 2.05) is 0 Å². The fourth-order valence-electron chi connectivity index (χ4n) is 4.06. The zero-order valence-corrected chi connectivity index (χ0v) is 15.7. The van der Waals surface area contributed by atoms with Crippen molar-refractivity contribution in [2.24, 2.45) is 0 Å². The number of H-pyrrole nitrogens is 1. The second-order valence-electron chi connectivity index (χ2n) is 7.44. The van der Waals surface area contributed by atoms with Crippen molar-refractivity contribution in [2.45, 2.75) is 45.3 Å². The Morgan fingerprint density at radius 3 is 2.82 bits per heavy atom. The van der Waals surface area contributed by atoms with Gasteiger partial charge < -0.3 is 20.7 Å². The van der Waals surface area contributed by atoms with Gasteiger partial charge in [-0.05, 0) is 62.9 Å². The van der Waals surface area contributed by atoms with E-state index >= 15 is 0 Å². The molecule has 4 rings (SSSR count). The molecule has 1 aliphatic carbocycles. The van der Waals surface area contributed by atoms with E-state index in [1.54, 1.807) is 19.9 Å². The van der Waals surface area contributed by atoms with Crippen molar-refractivity contribution in [2.75, 3.05) is 5.32 Å². The van der Waals surface area contributed by atoms with E-state index in [1.165, 1.54) is 18.2 Å². The average Bonchev–Trinajstić information content (AvgIpc) is 3.26. The largest absolute Gasteiger partial charge is 0.391 e. The predicted octanol–water partition coefficient (Wildman–Crippen LogP) is 2.91. The van der Waals surface area contributed by atoms with Crippen LogP contribution in [0.4, 0.5) is 10.1 Å². The molecule has 1 aromatic carbocycles. The Labute approximate surface area is 161 Å². The molecule has 2 aromatic rings. The van der Waals surface area contributed by atoms with E-state index in [9.17, 15) is 19.1 Å². The molecule has 28 heavy (non-hydrogen) atoms. The first kappa shape index (κ1) is 18.4. The van der Waals surface area contributed by atoms with Gasteiger partial charge in [-0.1, -0.05) is 0 Å². The van der Waals surface area contributed by atoms with Crippen molar-refractivity contribution in [3.63, 3.8) is 0 Å². The molecule has 2 heterocycles. The third kappa shape index (κ3) is 3.11. The Hall–Kier alpha value is -2.93. The number of rotatable bonds is 3. The fourth-order valence-corrected chi connectivity index (χ4v) is 4.06. The van der Waals surface area contributed by atoms with Crippen LogP contribution >= 0.6 is 0 Å². The highest BCUT2D eigenvalue weighted by Gasteiger charge is 2.29. The lowest BCUT2D eigenvalue weighted by Crippen LogP contribution is -2.40. The Morgan fingerprint density at radius 1 is 1.32 bits per heavy atom. The van der Waals surface area contributed by atoms with Crippen molar-refractivity contribution in [3.05, 3.63) is 52.1 Å². The number of aliphatic hydroxyl groups is 1. The molecule has 2 aliphatic rings. The molecule has 146 valence electrons. The molecule has 4 N–H and O–H groups in total. The van der Waals surface area contributed by atoms with Gasteiger partial charge in [-0.2, -0.15) is 0 Å². The van der Waals surface area contributed by atoms with Gasteiger partial charge in [-0.3, -0.25) is 9.59 Å². The molecule has 2 atom stereocenters. The highest BCUT2D eigenvalue weighted by atomic mass is 19.1. The van der Waals surface area contributed by atoms with E-state index in [0.717, 1.165) is 12.8 Å². The number of aryl methyl sites for hydroxylation is 1. The fraction of sp³-hybridized carbons (Fsp3) is 0.333. The monoisotopic (exact) mass is 383 g/mol. The molecule has 1 fully saturated rings. The van der Waals surface area contributed by atoms with E-state index < -0.39 is 11.9 Å². The number of aromatic nitrogens is 1. The minimum absolute atomic E-state index is 0.238. The number of halogens is 1. The number of aliphatic hydroxyl groups excluding tert-OH is 1. The van der Waals surface area contributed by atoms with Crippen LogP contribution in [0.15, 0.2) is 18.2 Å². The number of nitrogens with one attached hydrogen (secondary N) is 3. The van der Waals surface area contributed by atoms with E-state index in [-0.39, 0.29) is 17.9 Å². The first-order valence-corrected chi connectivity index (χ1v) is 9.36. The molecular weight excluding hydrogens is 361 g/mol. The molecule has 7 heteroatoms. The van der Waals surface area contributed by atoms with Gasteiger partial charge in [0.2, 0.25) is 0 Å². The van der Waals surface area contributed by atoms with Gasteiger partial charge in [0.1, 0.15) is 5.82 Å². The summed E-state index contributed by atoms with van der Waals surface area (Å²) >= 11 is 0. The van der Waals surface area contributed by atoms with Crippen LogP contribution < -0.4 is 10.6 Å². The van der Waals surface area contributed by atoms with Gasteiger partial charge in [0.05, 0.1) is 23.3 Å². The molecule has 0 bridgehead atoms. The molecule has 1 aliphatic heterocycles. The maximum absolute atomic E-state index is 13.6. The number of fused-ring (bicyclic) bond motifs is 1. The number of hydrogen-bond acceptors (Lipinski definition) is 3. The molecule has 0 unspecified atom stereocenters. The molecule has 2 amide bonds. The average molecular weight is 383 g/mol. The van der Waals surface area contributed by atoms with Crippen molar-refractivity contribution < 1.29 is 19.1 Å². The van der Waals surface area contributed by atoms with Crippen LogP contribution in [0.25, 0.3) is 11.6 Å². The summed E-state index contributed by atoms with van der Waals surface area (Å²) in [5, 5.41) is 15.6. The summed E-state index contributed by atoms with van der Waals surface area (Å²) in [6, 6.07) is 3.91. The molecular formula is C21H22FN3O3. The first-order valence-electron chi connectivity index (χ1n) is 9.36. The van der Waals surface area contributed by atoms with E-state index in [0.29, 0.717) is 45.8 Å². The Bertz CT molecular complexity index is 1010. The lowest BCUT2D eigenvalue weighted by atomic mass is 10.0. The lowest BCUT2D eigenvalue weighted by molar-refractivity contribution is -0.110.